The molecule has 150 valence electrons. The molecule has 0 aromatic heterocycles. The van der Waals surface area contributed by atoms with Crippen LogP contribution < -0.4 is 4.74 Å². The third kappa shape index (κ3) is 5.87. The van der Waals surface area contributed by atoms with Gasteiger partial charge in [0.25, 0.3) is 0 Å². The van der Waals surface area contributed by atoms with Gasteiger partial charge in [-0.3, -0.25) is 9.69 Å². The van der Waals surface area contributed by atoms with Crippen molar-refractivity contribution in [2.75, 3.05) is 44.8 Å². The summed E-state index contributed by atoms with van der Waals surface area (Å²) in [6.45, 7) is 7.69. The van der Waals surface area contributed by atoms with Crippen LogP contribution in [-0.4, -0.2) is 72.6 Å². The molecule has 0 bridgehead atoms. The van der Waals surface area contributed by atoms with E-state index in [-0.39, 0.29) is 12.0 Å². The van der Waals surface area contributed by atoms with Gasteiger partial charge in [-0.05, 0) is 35.8 Å². The number of ether oxygens (including phenoxy) is 2. The van der Waals surface area contributed by atoms with E-state index in [1.165, 1.54) is 12.2 Å². The number of thioether (sulfide) groups is 1. The molecule has 0 spiro atoms. The first-order chi connectivity index (χ1) is 13.0. The lowest BCUT2D eigenvalue weighted by Crippen LogP contribution is -2.42. The first-order valence-corrected chi connectivity index (χ1v) is 11.0. The number of carbonyl (C=O) groups excluding carboxylic acids is 1. The largest absolute Gasteiger partial charge is 0.497 e. The molecule has 6 heteroatoms. The summed E-state index contributed by atoms with van der Waals surface area (Å²) in [5, 5.41) is 0. The van der Waals surface area contributed by atoms with Crippen LogP contribution in [0.15, 0.2) is 24.3 Å². The fourth-order valence-electron chi connectivity index (χ4n) is 3.79. The van der Waals surface area contributed by atoms with Crippen LogP contribution in [-0.2, 0) is 16.1 Å². The Morgan fingerprint density at radius 3 is 2.85 bits per heavy atom. The monoisotopic (exact) mass is 392 g/mol. The van der Waals surface area contributed by atoms with Crippen molar-refractivity contribution in [2.45, 2.75) is 39.0 Å². The maximum absolute atomic E-state index is 12.8. The number of nitrogens with zero attached hydrogens (tertiary/aromatic N) is 2. The molecule has 1 aromatic rings. The Bertz CT molecular complexity index is 619. The van der Waals surface area contributed by atoms with E-state index in [0.717, 1.165) is 30.2 Å². The molecule has 3 rings (SSSR count). The maximum Gasteiger partial charge on any atom is 0.236 e. The Morgan fingerprint density at radius 1 is 1.30 bits per heavy atom. The second-order valence-corrected chi connectivity index (χ2v) is 9.07. The lowest BCUT2D eigenvalue weighted by Gasteiger charge is -2.28. The average Bonchev–Trinajstić information content (AvgIpc) is 3.14. The third-order valence-corrected chi connectivity index (χ3v) is 6.33. The summed E-state index contributed by atoms with van der Waals surface area (Å²) in [6, 6.07) is 8.50. The molecule has 2 unspecified atom stereocenters. The van der Waals surface area contributed by atoms with Crippen molar-refractivity contribution in [1.82, 2.24) is 9.80 Å². The van der Waals surface area contributed by atoms with Gasteiger partial charge in [0.2, 0.25) is 5.91 Å². The Kier molecular flexibility index (Phi) is 7.44. The van der Waals surface area contributed by atoms with Crippen LogP contribution in [0.2, 0.25) is 0 Å². The molecule has 2 aliphatic rings. The summed E-state index contributed by atoms with van der Waals surface area (Å²) in [5.74, 6) is 3.87. The maximum atomic E-state index is 12.8. The second kappa shape index (κ2) is 9.80. The normalized spacial score (nSPS) is 24.4. The number of rotatable bonds is 7. The zero-order chi connectivity index (χ0) is 19.2. The van der Waals surface area contributed by atoms with Gasteiger partial charge in [0, 0.05) is 31.4 Å². The molecular weight excluding hydrogens is 360 g/mol. The van der Waals surface area contributed by atoms with Crippen molar-refractivity contribution < 1.29 is 14.3 Å². The number of carbonyl (C=O) groups is 1. The van der Waals surface area contributed by atoms with Gasteiger partial charge in [0.05, 0.1) is 26.4 Å². The highest BCUT2D eigenvalue weighted by molar-refractivity contribution is 7.99. The topological polar surface area (TPSA) is 42.0 Å². The fourth-order valence-corrected chi connectivity index (χ4v) is 5.05. The van der Waals surface area contributed by atoms with Crippen LogP contribution in [0.1, 0.15) is 25.8 Å². The average molecular weight is 393 g/mol. The summed E-state index contributed by atoms with van der Waals surface area (Å²) in [4.78, 5) is 17.2. The van der Waals surface area contributed by atoms with E-state index in [1.807, 2.05) is 34.9 Å². The van der Waals surface area contributed by atoms with Gasteiger partial charge in [-0.1, -0.05) is 26.0 Å². The zero-order valence-corrected chi connectivity index (χ0v) is 17.5. The smallest absolute Gasteiger partial charge is 0.236 e. The van der Waals surface area contributed by atoms with Gasteiger partial charge in [-0.15, -0.1) is 0 Å². The van der Waals surface area contributed by atoms with Crippen LogP contribution in [0.25, 0.3) is 0 Å². The second-order valence-electron chi connectivity index (χ2n) is 7.92. The van der Waals surface area contributed by atoms with E-state index in [4.69, 9.17) is 9.47 Å². The molecular formula is C21H32N2O3S. The van der Waals surface area contributed by atoms with Crippen LogP contribution in [0.5, 0.6) is 5.75 Å². The predicted molar refractivity (Wildman–Crippen MR) is 110 cm³/mol. The van der Waals surface area contributed by atoms with Gasteiger partial charge >= 0.3 is 0 Å². The molecule has 0 radical (unpaired) electrons. The van der Waals surface area contributed by atoms with E-state index < -0.39 is 0 Å². The van der Waals surface area contributed by atoms with E-state index in [2.05, 4.69) is 24.8 Å². The SMILES string of the molecule is COc1cccc(COC2CN(CC(C)C)C(=O)CN(C3CCSC3)C2)c1. The van der Waals surface area contributed by atoms with Crippen molar-refractivity contribution >= 4 is 17.7 Å². The summed E-state index contributed by atoms with van der Waals surface area (Å²) in [6.07, 6.45) is 1.21. The van der Waals surface area contributed by atoms with Crippen LogP contribution in [0.3, 0.4) is 0 Å². The molecule has 0 N–H and O–H groups in total. The quantitative estimate of drug-likeness (QED) is 0.714. The molecule has 5 nitrogen and oxygen atoms in total. The highest BCUT2D eigenvalue weighted by Gasteiger charge is 2.33. The molecule has 0 aliphatic carbocycles. The van der Waals surface area contributed by atoms with Gasteiger partial charge in [0.15, 0.2) is 0 Å². The summed E-state index contributed by atoms with van der Waals surface area (Å²) >= 11 is 1.99. The van der Waals surface area contributed by atoms with Gasteiger partial charge in [-0.2, -0.15) is 11.8 Å². The van der Waals surface area contributed by atoms with Crippen molar-refractivity contribution in [3.05, 3.63) is 29.8 Å². The number of hydrogen-bond donors (Lipinski definition) is 0. The van der Waals surface area contributed by atoms with Crippen LogP contribution >= 0.6 is 11.8 Å². The number of benzene rings is 1. The van der Waals surface area contributed by atoms with E-state index >= 15 is 0 Å². The highest BCUT2D eigenvalue weighted by Crippen LogP contribution is 2.25. The van der Waals surface area contributed by atoms with Crippen molar-refractivity contribution in [2.24, 2.45) is 5.92 Å². The Labute approximate surface area is 167 Å². The number of hydrogen-bond acceptors (Lipinski definition) is 5. The minimum atomic E-state index is 0.0343. The zero-order valence-electron chi connectivity index (χ0n) is 16.7. The van der Waals surface area contributed by atoms with Crippen LogP contribution in [0, 0.1) is 5.92 Å². The van der Waals surface area contributed by atoms with Crippen LogP contribution in [0.4, 0.5) is 0 Å². The molecule has 2 aliphatic heterocycles. The van der Waals surface area contributed by atoms with Crippen molar-refractivity contribution in [3.63, 3.8) is 0 Å². The molecule has 1 aromatic carbocycles. The standard InChI is InChI=1S/C21H32N2O3S/c1-16(2)10-23-12-20(26-14-17-5-4-6-19(9-17)25-3)11-22(13-21(23)24)18-7-8-27-15-18/h4-6,9,16,18,20H,7-8,10-15H2,1-3H3. The third-order valence-electron chi connectivity index (χ3n) is 5.18. The van der Waals surface area contributed by atoms with E-state index in [9.17, 15) is 4.79 Å². The first kappa shape index (κ1) is 20.5. The molecule has 2 heterocycles. The molecule has 0 saturated carbocycles. The molecule has 2 fully saturated rings. The molecule has 2 atom stereocenters. The van der Waals surface area contributed by atoms with Crippen molar-refractivity contribution in [3.8, 4) is 5.75 Å². The van der Waals surface area contributed by atoms with E-state index in [0.29, 0.717) is 31.7 Å². The lowest BCUT2D eigenvalue weighted by atomic mass is 10.2. The Balaban J connectivity index is 1.68. The minimum Gasteiger partial charge on any atom is -0.497 e. The van der Waals surface area contributed by atoms with Gasteiger partial charge in [0.1, 0.15) is 5.75 Å². The summed E-state index contributed by atoms with van der Waals surface area (Å²) in [5.41, 5.74) is 1.10. The molecule has 2 saturated heterocycles. The van der Waals surface area contributed by atoms with Crippen molar-refractivity contribution in [1.29, 1.82) is 0 Å². The fraction of sp³-hybridized carbons (Fsp3) is 0.667. The predicted octanol–water partition coefficient (Wildman–Crippen LogP) is 2.89. The summed E-state index contributed by atoms with van der Waals surface area (Å²) in [7, 11) is 1.68. The van der Waals surface area contributed by atoms with Gasteiger partial charge in [-0.25, -0.2) is 0 Å². The lowest BCUT2D eigenvalue weighted by molar-refractivity contribution is -0.132. The Hall–Kier alpha value is -1.24. The molecule has 27 heavy (non-hydrogen) atoms. The highest BCUT2D eigenvalue weighted by atomic mass is 32.2. The molecule has 1 amide bonds. The van der Waals surface area contributed by atoms with Gasteiger partial charge < -0.3 is 14.4 Å². The first-order valence-electron chi connectivity index (χ1n) is 9.89. The Morgan fingerprint density at radius 2 is 2.15 bits per heavy atom. The minimum absolute atomic E-state index is 0.0343. The summed E-state index contributed by atoms with van der Waals surface area (Å²) < 4.78 is 11.6. The number of methoxy groups -OCH3 is 1. The number of amides is 1. The van der Waals surface area contributed by atoms with E-state index in [1.54, 1.807) is 7.11 Å².